The average Bonchev–Trinajstić information content (AvgIpc) is 2.20. The summed E-state index contributed by atoms with van der Waals surface area (Å²) in [6, 6.07) is 0. The van der Waals surface area contributed by atoms with Gasteiger partial charge in [0.1, 0.15) is 5.82 Å². The molecule has 0 radical (unpaired) electrons. The zero-order valence-electron chi connectivity index (χ0n) is 6.26. The van der Waals surface area contributed by atoms with Gasteiger partial charge in [-0.2, -0.15) is 0 Å². The van der Waals surface area contributed by atoms with Crippen molar-refractivity contribution in [2.45, 2.75) is 13.3 Å². The van der Waals surface area contributed by atoms with Crippen molar-refractivity contribution < 1.29 is 0 Å². The van der Waals surface area contributed by atoms with Crippen LogP contribution in [0.3, 0.4) is 0 Å². The quantitative estimate of drug-likeness (QED) is 0.577. The van der Waals surface area contributed by atoms with Gasteiger partial charge in [-0.1, -0.05) is 22.6 Å². The first-order valence-electron chi connectivity index (χ1n) is 3.29. The lowest BCUT2D eigenvalue weighted by molar-refractivity contribution is 0.791. The molecule has 0 aliphatic carbocycles. The number of halogens is 1. The summed E-state index contributed by atoms with van der Waals surface area (Å²) in [4.78, 5) is 4.26. The molecule has 0 amide bonds. The van der Waals surface area contributed by atoms with Crippen molar-refractivity contribution in [1.82, 2.24) is 9.55 Å². The first kappa shape index (κ1) is 8.04. The molecule has 0 aliphatic heterocycles. The van der Waals surface area contributed by atoms with E-state index in [0.717, 1.165) is 10.8 Å². The molecule has 1 aromatic rings. The van der Waals surface area contributed by atoms with E-state index in [1.807, 2.05) is 6.20 Å². The zero-order chi connectivity index (χ0) is 7.56. The Balaban J connectivity index is 2.83. The predicted octanol–water partition coefficient (Wildman–Crippen LogP) is 1.71. The highest BCUT2D eigenvalue weighted by atomic mass is 127. The molecule has 0 aliphatic rings. The van der Waals surface area contributed by atoms with Crippen LogP contribution in [0.1, 0.15) is 11.5 Å². The molecular formula is C7H11IN2. The van der Waals surface area contributed by atoms with E-state index in [9.17, 15) is 0 Å². The van der Waals surface area contributed by atoms with E-state index in [4.69, 9.17) is 0 Å². The van der Waals surface area contributed by atoms with Gasteiger partial charge >= 0.3 is 0 Å². The highest BCUT2D eigenvalue weighted by molar-refractivity contribution is 14.1. The number of nitrogens with zero attached hydrogens (tertiary/aromatic N) is 2. The number of hydrogen-bond acceptors (Lipinski definition) is 1. The van der Waals surface area contributed by atoms with E-state index in [1.165, 1.54) is 11.5 Å². The molecule has 56 valence electrons. The molecule has 0 unspecified atom stereocenters. The van der Waals surface area contributed by atoms with Gasteiger partial charge < -0.3 is 4.57 Å². The molecule has 1 rings (SSSR count). The summed E-state index contributed by atoms with van der Waals surface area (Å²) in [6.07, 6.45) is 2.99. The molecule has 0 fully saturated rings. The second-order valence-electron chi connectivity index (χ2n) is 2.31. The van der Waals surface area contributed by atoms with E-state index >= 15 is 0 Å². The third-order valence-corrected chi connectivity index (χ3v) is 2.17. The van der Waals surface area contributed by atoms with Crippen LogP contribution in [0, 0.1) is 6.92 Å². The van der Waals surface area contributed by atoms with Crippen molar-refractivity contribution in [1.29, 1.82) is 0 Å². The minimum absolute atomic E-state index is 1.07. The lowest BCUT2D eigenvalue weighted by Gasteiger charge is -1.99. The number of aryl methyl sites for hydroxylation is 2. The summed E-state index contributed by atoms with van der Waals surface area (Å²) in [7, 11) is 2.06. The van der Waals surface area contributed by atoms with Crippen LogP contribution in [0.15, 0.2) is 6.20 Å². The van der Waals surface area contributed by atoms with Gasteiger partial charge in [0, 0.05) is 29.8 Å². The molecule has 0 saturated heterocycles. The Hall–Kier alpha value is -0.0600. The lowest BCUT2D eigenvalue weighted by atomic mass is 10.4. The van der Waals surface area contributed by atoms with Crippen LogP contribution in [0.2, 0.25) is 0 Å². The van der Waals surface area contributed by atoms with Gasteiger partial charge in [-0.05, 0) is 6.92 Å². The number of alkyl halides is 1. The fraction of sp³-hybridized carbons (Fsp3) is 0.571. The molecule has 10 heavy (non-hydrogen) atoms. The first-order chi connectivity index (χ1) is 4.75. The van der Waals surface area contributed by atoms with Gasteiger partial charge in [-0.15, -0.1) is 0 Å². The molecule has 0 atom stereocenters. The van der Waals surface area contributed by atoms with Crippen LogP contribution >= 0.6 is 22.6 Å². The normalized spacial score (nSPS) is 10.3. The fourth-order valence-corrected chi connectivity index (χ4v) is 1.34. The Morgan fingerprint density at radius 2 is 2.40 bits per heavy atom. The minimum atomic E-state index is 1.07. The molecule has 3 heteroatoms. The van der Waals surface area contributed by atoms with Crippen molar-refractivity contribution in [3.05, 3.63) is 17.7 Å². The highest BCUT2D eigenvalue weighted by Gasteiger charge is 1.99. The molecule has 0 aromatic carbocycles. The maximum absolute atomic E-state index is 4.26. The van der Waals surface area contributed by atoms with Crippen LogP contribution in [-0.2, 0) is 13.5 Å². The summed E-state index contributed by atoms with van der Waals surface area (Å²) >= 11 is 2.36. The van der Waals surface area contributed by atoms with Crippen molar-refractivity contribution in [3.8, 4) is 0 Å². The Morgan fingerprint density at radius 3 is 2.80 bits per heavy atom. The van der Waals surface area contributed by atoms with Crippen molar-refractivity contribution in [2.24, 2.45) is 7.05 Å². The van der Waals surface area contributed by atoms with E-state index in [2.05, 4.69) is 46.1 Å². The monoisotopic (exact) mass is 250 g/mol. The number of hydrogen-bond donors (Lipinski definition) is 0. The third kappa shape index (κ3) is 1.51. The van der Waals surface area contributed by atoms with Gasteiger partial charge in [0.25, 0.3) is 0 Å². The van der Waals surface area contributed by atoms with Crippen molar-refractivity contribution in [2.75, 3.05) is 4.43 Å². The first-order valence-corrected chi connectivity index (χ1v) is 4.81. The topological polar surface area (TPSA) is 17.8 Å². The lowest BCUT2D eigenvalue weighted by Crippen LogP contribution is -1.99. The van der Waals surface area contributed by atoms with Crippen LogP contribution in [-0.4, -0.2) is 14.0 Å². The predicted molar refractivity (Wildman–Crippen MR) is 50.5 cm³/mol. The number of imidazole rings is 1. The molecular weight excluding hydrogens is 239 g/mol. The Bertz CT molecular complexity index is 217. The summed E-state index contributed by atoms with van der Waals surface area (Å²) in [5.74, 6) is 1.19. The summed E-state index contributed by atoms with van der Waals surface area (Å²) in [6.45, 7) is 2.07. The molecule has 1 aromatic heterocycles. The standard InChI is InChI=1S/C7H11IN2/c1-6-5-9-7(3-4-8)10(6)2/h5H,3-4H2,1-2H3. The van der Waals surface area contributed by atoms with E-state index in [-0.39, 0.29) is 0 Å². The SMILES string of the molecule is Cc1cnc(CCI)n1C. The van der Waals surface area contributed by atoms with E-state index in [1.54, 1.807) is 0 Å². The van der Waals surface area contributed by atoms with Gasteiger partial charge in [-0.25, -0.2) is 4.98 Å². The summed E-state index contributed by atoms with van der Waals surface area (Å²) in [5, 5.41) is 0. The van der Waals surface area contributed by atoms with Crippen LogP contribution in [0.4, 0.5) is 0 Å². The number of aromatic nitrogens is 2. The van der Waals surface area contributed by atoms with Crippen molar-refractivity contribution in [3.63, 3.8) is 0 Å². The van der Waals surface area contributed by atoms with Gasteiger partial charge in [0.2, 0.25) is 0 Å². The Labute approximate surface area is 74.8 Å². The van der Waals surface area contributed by atoms with Gasteiger partial charge in [0.15, 0.2) is 0 Å². The average molecular weight is 250 g/mol. The van der Waals surface area contributed by atoms with Gasteiger partial charge in [-0.3, -0.25) is 0 Å². The largest absolute Gasteiger partial charge is 0.335 e. The summed E-state index contributed by atoms with van der Waals surface area (Å²) in [5.41, 5.74) is 1.24. The van der Waals surface area contributed by atoms with Gasteiger partial charge in [0.05, 0.1) is 0 Å². The molecule has 0 bridgehead atoms. The molecule has 0 spiro atoms. The van der Waals surface area contributed by atoms with Crippen molar-refractivity contribution >= 4 is 22.6 Å². The van der Waals surface area contributed by atoms with E-state index in [0.29, 0.717) is 0 Å². The second-order valence-corrected chi connectivity index (χ2v) is 3.39. The van der Waals surface area contributed by atoms with E-state index < -0.39 is 0 Å². The molecule has 0 N–H and O–H groups in total. The summed E-state index contributed by atoms with van der Waals surface area (Å²) < 4.78 is 3.28. The maximum atomic E-state index is 4.26. The Kier molecular flexibility index (Phi) is 2.71. The molecule has 2 nitrogen and oxygen atoms in total. The van der Waals surface area contributed by atoms with Crippen LogP contribution in [0.5, 0.6) is 0 Å². The Morgan fingerprint density at radius 1 is 1.70 bits per heavy atom. The van der Waals surface area contributed by atoms with Crippen LogP contribution in [0.25, 0.3) is 0 Å². The van der Waals surface area contributed by atoms with Crippen LogP contribution < -0.4 is 0 Å². The highest BCUT2D eigenvalue weighted by Crippen LogP contribution is 2.02. The minimum Gasteiger partial charge on any atom is -0.335 e. The number of rotatable bonds is 2. The second kappa shape index (κ2) is 3.37. The zero-order valence-corrected chi connectivity index (χ0v) is 8.42. The molecule has 0 saturated carbocycles. The smallest absolute Gasteiger partial charge is 0.109 e. The fourth-order valence-electron chi connectivity index (χ4n) is 0.861. The maximum Gasteiger partial charge on any atom is 0.109 e. The molecule has 1 heterocycles. The third-order valence-electron chi connectivity index (χ3n) is 1.63.